The summed E-state index contributed by atoms with van der Waals surface area (Å²) in [6, 6.07) is 0.456. The van der Waals surface area contributed by atoms with Crippen molar-refractivity contribution in [3.8, 4) is 0 Å². The first kappa shape index (κ1) is 15.1. The summed E-state index contributed by atoms with van der Waals surface area (Å²) in [5.41, 5.74) is 0. The summed E-state index contributed by atoms with van der Waals surface area (Å²) < 4.78 is 5.92. The molecule has 0 aromatic heterocycles. The van der Waals surface area contributed by atoms with Gasteiger partial charge in [0.25, 0.3) is 0 Å². The standard InChI is InChI=1S/C16H30N4O/c1-3-17-16(18-10-12-7-8-20(4-2)11-12)19-14-9-13-5-6-15(14)21-13/h12-15H,3-11H2,1-2H3,(H2,17,18,19). The van der Waals surface area contributed by atoms with Crippen LogP contribution in [0, 0.1) is 5.92 Å². The van der Waals surface area contributed by atoms with Crippen LogP contribution < -0.4 is 10.6 Å². The van der Waals surface area contributed by atoms with Crippen LogP contribution in [0.5, 0.6) is 0 Å². The zero-order valence-corrected chi connectivity index (χ0v) is 13.5. The number of fused-ring (bicyclic) bond motifs is 2. The highest BCUT2D eigenvalue weighted by Gasteiger charge is 2.41. The lowest BCUT2D eigenvalue weighted by molar-refractivity contribution is 0.0992. The van der Waals surface area contributed by atoms with Gasteiger partial charge in [-0.25, -0.2) is 0 Å². The van der Waals surface area contributed by atoms with Gasteiger partial charge in [0.05, 0.1) is 18.2 Å². The van der Waals surface area contributed by atoms with E-state index in [-0.39, 0.29) is 0 Å². The molecule has 5 nitrogen and oxygen atoms in total. The number of rotatable bonds is 5. The van der Waals surface area contributed by atoms with Crippen LogP contribution in [0.3, 0.4) is 0 Å². The van der Waals surface area contributed by atoms with Crippen molar-refractivity contribution >= 4 is 5.96 Å². The van der Waals surface area contributed by atoms with E-state index in [1.54, 1.807) is 0 Å². The number of aliphatic imine (C=N–C) groups is 1. The molecule has 3 heterocycles. The van der Waals surface area contributed by atoms with Crippen molar-refractivity contribution in [3.05, 3.63) is 0 Å². The van der Waals surface area contributed by atoms with Gasteiger partial charge in [0.2, 0.25) is 0 Å². The molecule has 5 heteroatoms. The monoisotopic (exact) mass is 294 g/mol. The molecule has 2 bridgehead atoms. The summed E-state index contributed by atoms with van der Waals surface area (Å²) in [5, 5.41) is 6.99. The molecule has 0 saturated carbocycles. The number of nitrogens with one attached hydrogen (secondary N) is 2. The van der Waals surface area contributed by atoms with Crippen molar-refractivity contribution in [2.75, 3.05) is 32.7 Å². The van der Waals surface area contributed by atoms with Crippen molar-refractivity contribution in [1.82, 2.24) is 15.5 Å². The van der Waals surface area contributed by atoms with E-state index < -0.39 is 0 Å². The van der Waals surface area contributed by atoms with E-state index in [0.717, 1.165) is 31.4 Å². The number of hydrogen-bond acceptors (Lipinski definition) is 3. The molecule has 0 amide bonds. The van der Waals surface area contributed by atoms with Crippen molar-refractivity contribution < 1.29 is 4.74 Å². The Morgan fingerprint density at radius 3 is 2.81 bits per heavy atom. The summed E-state index contributed by atoms with van der Waals surface area (Å²) in [4.78, 5) is 7.34. The van der Waals surface area contributed by atoms with Gasteiger partial charge in [0.1, 0.15) is 0 Å². The summed E-state index contributed by atoms with van der Waals surface area (Å²) in [6.45, 7) is 9.83. The van der Waals surface area contributed by atoms with Gasteiger partial charge in [0, 0.05) is 19.6 Å². The van der Waals surface area contributed by atoms with Gasteiger partial charge in [-0.05, 0) is 51.6 Å². The number of ether oxygens (including phenoxy) is 1. The Morgan fingerprint density at radius 1 is 1.29 bits per heavy atom. The van der Waals surface area contributed by atoms with Crippen LogP contribution in [0.1, 0.15) is 39.5 Å². The molecule has 21 heavy (non-hydrogen) atoms. The van der Waals surface area contributed by atoms with Crippen LogP contribution in [0.2, 0.25) is 0 Å². The molecule has 3 rings (SSSR count). The van der Waals surface area contributed by atoms with Gasteiger partial charge in [0.15, 0.2) is 5.96 Å². The molecule has 4 unspecified atom stereocenters. The number of guanidine groups is 1. The molecular formula is C16H30N4O. The predicted molar refractivity (Wildman–Crippen MR) is 85.6 cm³/mol. The molecule has 3 aliphatic rings. The minimum Gasteiger partial charge on any atom is -0.373 e. The minimum atomic E-state index is 0.404. The third kappa shape index (κ3) is 3.69. The molecule has 0 radical (unpaired) electrons. The third-order valence-electron chi connectivity index (χ3n) is 5.10. The summed E-state index contributed by atoms with van der Waals surface area (Å²) in [6.07, 6.45) is 5.77. The molecule has 4 atom stereocenters. The van der Waals surface area contributed by atoms with E-state index in [1.165, 1.54) is 38.9 Å². The van der Waals surface area contributed by atoms with E-state index in [1.807, 2.05) is 0 Å². The van der Waals surface area contributed by atoms with Gasteiger partial charge in [-0.3, -0.25) is 4.99 Å². The smallest absolute Gasteiger partial charge is 0.191 e. The van der Waals surface area contributed by atoms with Crippen molar-refractivity contribution in [2.45, 2.75) is 57.8 Å². The molecule has 0 aromatic carbocycles. The van der Waals surface area contributed by atoms with E-state index >= 15 is 0 Å². The fourth-order valence-electron chi connectivity index (χ4n) is 3.85. The molecule has 0 spiro atoms. The highest BCUT2D eigenvalue weighted by molar-refractivity contribution is 5.80. The molecular weight excluding hydrogens is 264 g/mol. The first-order chi connectivity index (χ1) is 10.3. The van der Waals surface area contributed by atoms with Crippen LogP contribution >= 0.6 is 0 Å². The van der Waals surface area contributed by atoms with Gasteiger partial charge in [-0.2, -0.15) is 0 Å². The fourth-order valence-corrected chi connectivity index (χ4v) is 3.85. The first-order valence-electron chi connectivity index (χ1n) is 8.71. The Labute approximate surface area is 128 Å². The number of hydrogen-bond donors (Lipinski definition) is 2. The topological polar surface area (TPSA) is 48.9 Å². The second-order valence-electron chi connectivity index (χ2n) is 6.63. The molecule has 0 aromatic rings. The van der Waals surface area contributed by atoms with Crippen LogP contribution in [-0.4, -0.2) is 61.8 Å². The second-order valence-corrected chi connectivity index (χ2v) is 6.63. The van der Waals surface area contributed by atoms with E-state index in [9.17, 15) is 0 Å². The van der Waals surface area contributed by atoms with Gasteiger partial charge in [-0.15, -0.1) is 0 Å². The Hall–Kier alpha value is -0.810. The van der Waals surface area contributed by atoms with Crippen molar-refractivity contribution in [2.24, 2.45) is 10.9 Å². The molecule has 3 aliphatic heterocycles. The SMILES string of the molecule is CCNC(=NCC1CCN(CC)C1)NC1CC2CCC1O2. The highest BCUT2D eigenvalue weighted by Crippen LogP contribution is 2.34. The molecule has 3 fully saturated rings. The summed E-state index contributed by atoms with van der Waals surface area (Å²) >= 11 is 0. The Morgan fingerprint density at radius 2 is 2.19 bits per heavy atom. The van der Waals surface area contributed by atoms with Crippen LogP contribution in [0.15, 0.2) is 4.99 Å². The van der Waals surface area contributed by atoms with Crippen LogP contribution in [-0.2, 0) is 4.74 Å². The normalized spacial score (nSPS) is 36.4. The highest BCUT2D eigenvalue weighted by atomic mass is 16.5. The lowest BCUT2D eigenvalue weighted by atomic mass is 9.96. The zero-order valence-electron chi connectivity index (χ0n) is 13.5. The summed E-state index contributed by atoms with van der Waals surface area (Å²) in [5.74, 6) is 1.70. The third-order valence-corrected chi connectivity index (χ3v) is 5.10. The van der Waals surface area contributed by atoms with Gasteiger partial charge in [-0.1, -0.05) is 6.92 Å². The molecule has 0 aliphatic carbocycles. The van der Waals surface area contributed by atoms with E-state index in [0.29, 0.717) is 18.2 Å². The van der Waals surface area contributed by atoms with Crippen molar-refractivity contribution in [3.63, 3.8) is 0 Å². The average molecular weight is 294 g/mol. The minimum absolute atomic E-state index is 0.404. The lowest BCUT2D eigenvalue weighted by Gasteiger charge is -2.23. The maximum absolute atomic E-state index is 5.92. The number of nitrogens with zero attached hydrogens (tertiary/aromatic N) is 2. The van der Waals surface area contributed by atoms with Crippen molar-refractivity contribution in [1.29, 1.82) is 0 Å². The quantitative estimate of drug-likeness (QED) is 0.591. The summed E-state index contributed by atoms with van der Waals surface area (Å²) in [7, 11) is 0. The van der Waals surface area contributed by atoms with E-state index in [4.69, 9.17) is 9.73 Å². The number of likely N-dealkylation sites (tertiary alicyclic amines) is 1. The Kier molecular flexibility index (Phi) is 5.01. The fraction of sp³-hybridized carbons (Fsp3) is 0.938. The van der Waals surface area contributed by atoms with Crippen LogP contribution in [0.25, 0.3) is 0 Å². The molecule has 2 N–H and O–H groups in total. The predicted octanol–water partition coefficient (Wildman–Crippen LogP) is 1.20. The van der Waals surface area contributed by atoms with Gasteiger partial charge >= 0.3 is 0 Å². The first-order valence-corrected chi connectivity index (χ1v) is 8.71. The Balaban J connectivity index is 1.50. The second kappa shape index (κ2) is 6.97. The van der Waals surface area contributed by atoms with Crippen LogP contribution in [0.4, 0.5) is 0 Å². The lowest BCUT2D eigenvalue weighted by Crippen LogP contribution is -2.47. The van der Waals surface area contributed by atoms with Gasteiger partial charge < -0.3 is 20.3 Å². The maximum Gasteiger partial charge on any atom is 0.191 e. The maximum atomic E-state index is 5.92. The molecule has 120 valence electrons. The average Bonchev–Trinajstić information content (AvgIpc) is 3.21. The largest absolute Gasteiger partial charge is 0.373 e. The molecule has 3 saturated heterocycles. The Bertz CT molecular complexity index is 373. The zero-order chi connectivity index (χ0) is 14.7. The van der Waals surface area contributed by atoms with E-state index in [2.05, 4.69) is 29.4 Å².